The molecule has 0 spiro atoms. The van der Waals surface area contributed by atoms with Gasteiger partial charge in [-0.1, -0.05) is 19.1 Å². The smallest absolute Gasteiger partial charge is 0.309 e. The Morgan fingerprint density at radius 2 is 1.89 bits per heavy atom. The van der Waals surface area contributed by atoms with Crippen molar-refractivity contribution in [3.05, 3.63) is 35.4 Å². The maximum Gasteiger partial charge on any atom is 0.416 e. The number of rotatable bonds is 5. The lowest BCUT2D eigenvalue weighted by Crippen LogP contribution is -2.21. The molecule has 0 radical (unpaired) electrons. The molecule has 1 aromatic rings. The molecule has 0 bridgehead atoms. The molecule has 0 aliphatic rings. The molecule has 1 nitrogen and oxygen atoms in total. The third-order valence-electron chi connectivity index (χ3n) is 2.60. The van der Waals surface area contributed by atoms with Gasteiger partial charge in [-0.2, -0.15) is 13.2 Å². The highest BCUT2D eigenvalue weighted by Gasteiger charge is 2.30. The zero-order chi connectivity index (χ0) is 13.6. The molecule has 0 saturated carbocycles. The first-order valence-electron chi connectivity index (χ1n) is 5.83. The van der Waals surface area contributed by atoms with Crippen molar-refractivity contribution in [1.82, 2.24) is 5.32 Å². The Morgan fingerprint density at radius 3 is 2.33 bits per heavy atom. The predicted octanol–water partition coefficient (Wildman–Crippen LogP) is 3.77. The molecule has 0 saturated heterocycles. The summed E-state index contributed by atoms with van der Waals surface area (Å²) in [4.78, 5) is 0. The largest absolute Gasteiger partial charge is 0.416 e. The van der Waals surface area contributed by atoms with Gasteiger partial charge in [0.2, 0.25) is 0 Å². The van der Waals surface area contributed by atoms with Gasteiger partial charge in [0.1, 0.15) is 0 Å². The zero-order valence-corrected chi connectivity index (χ0v) is 10.2. The molecule has 0 fully saturated rings. The van der Waals surface area contributed by atoms with Crippen LogP contribution in [0.15, 0.2) is 24.3 Å². The Hall–Kier alpha value is -1.47. The number of benzene rings is 1. The zero-order valence-electron chi connectivity index (χ0n) is 10.2. The lowest BCUT2D eigenvalue weighted by molar-refractivity contribution is -0.137. The average Bonchev–Trinajstić information content (AvgIpc) is 2.33. The van der Waals surface area contributed by atoms with Gasteiger partial charge in [-0.05, 0) is 30.7 Å². The van der Waals surface area contributed by atoms with Crippen molar-refractivity contribution in [2.24, 2.45) is 0 Å². The number of alkyl halides is 3. The average molecular weight is 255 g/mol. The summed E-state index contributed by atoms with van der Waals surface area (Å²) in [6, 6.07) is 5.05. The summed E-state index contributed by atoms with van der Waals surface area (Å²) < 4.78 is 37.3. The van der Waals surface area contributed by atoms with E-state index < -0.39 is 11.7 Å². The molecular formula is C14H16F3N. The van der Waals surface area contributed by atoms with Crippen molar-refractivity contribution < 1.29 is 13.2 Å². The maximum atomic E-state index is 12.4. The van der Waals surface area contributed by atoms with E-state index in [2.05, 4.69) is 11.2 Å². The quantitative estimate of drug-likeness (QED) is 0.790. The van der Waals surface area contributed by atoms with Crippen LogP contribution < -0.4 is 5.32 Å². The van der Waals surface area contributed by atoms with E-state index in [9.17, 15) is 13.2 Å². The first-order valence-corrected chi connectivity index (χ1v) is 5.83. The molecule has 0 aliphatic carbocycles. The SMILES string of the molecule is C#CCC(NCCC)c1ccc(C(F)(F)F)cc1. The summed E-state index contributed by atoms with van der Waals surface area (Å²) in [5, 5.41) is 3.22. The molecule has 1 N–H and O–H groups in total. The second-order valence-corrected chi connectivity index (χ2v) is 4.03. The Labute approximate surface area is 105 Å². The van der Waals surface area contributed by atoms with E-state index in [0.29, 0.717) is 6.42 Å². The number of nitrogens with one attached hydrogen (secondary N) is 1. The van der Waals surface area contributed by atoms with Gasteiger partial charge in [-0.25, -0.2) is 0 Å². The lowest BCUT2D eigenvalue weighted by atomic mass is 10.0. The second-order valence-electron chi connectivity index (χ2n) is 4.03. The molecule has 1 atom stereocenters. The summed E-state index contributed by atoms with van der Waals surface area (Å²) in [5.74, 6) is 2.54. The van der Waals surface area contributed by atoms with E-state index in [1.54, 1.807) is 0 Å². The minimum Gasteiger partial charge on any atom is -0.309 e. The van der Waals surface area contributed by atoms with E-state index in [1.165, 1.54) is 12.1 Å². The number of hydrogen-bond donors (Lipinski definition) is 1. The van der Waals surface area contributed by atoms with Crippen LogP contribution in [0.5, 0.6) is 0 Å². The van der Waals surface area contributed by atoms with Crippen molar-refractivity contribution in [2.45, 2.75) is 32.0 Å². The van der Waals surface area contributed by atoms with Gasteiger partial charge in [-0.3, -0.25) is 0 Å². The van der Waals surface area contributed by atoms with Crippen LogP contribution in [-0.4, -0.2) is 6.54 Å². The van der Waals surface area contributed by atoms with E-state index >= 15 is 0 Å². The summed E-state index contributed by atoms with van der Waals surface area (Å²) in [7, 11) is 0. The number of hydrogen-bond acceptors (Lipinski definition) is 1. The van der Waals surface area contributed by atoms with Crippen LogP contribution >= 0.6 is 0 Å². The monoisotopic (exact) mass is 255 g/mol. The minimum atomic E-state index is -4.29. The molecule has 0 amide bonds. The van der Waals surface area contributed by atoms with Gasteiger partial charge < -0.3 is 5.32 Å². The van der Waals surface area contributed by atoms with Gasteiger partial charge in [0, 0.05) is 12.5 Å². The summed E-state index contributed by atoms with van der Waals surface area (Å²) in [6.07, 6.45) is 2.38. The van der Waals surface area contributed by atoms with Crippen LogP contribution in [-0.2, 0) is 6.18 Å². The molecule has 4 heteroatoms. The van der Waals surface area contributed by atoms with E-state index in [0.717, 1.165) is 30.7 Å². The second kappa shape index (κ2) is 6.46. The Morgan fingerprint density at radius 1 is 1.28 bits per heavy atom. The summed E-state index contributed by atoms with van der Waals surface area (Å²) in [6.45, 7) is 2.81. The van der Waals surface area contributed by atoms with Crippen molar-refractivity contribution in [3.63, 3.8) is 0 Å². The topological polar surface area (TPSA) is 12.0 Å². The van der Waals surface area contributed by atoms with Crippen LogP contribution in [0.25, 0.3) is 0 Å². The fourth-order valence-electron chi connectivity index (χ4n) is 1.65. The highest BCUT2D eigenvalue weighted by Crippen LogP contribution is 2.30. The van der Waals surface area contributed by atoms with Crippen LogP contribution in [0.3, 0.4) is 0 Å². The third kappa shape index (κ3) is 4.08. The Kier molecular flexibility index (Phi) is 5.24. The third-order valence-corrected chi connectivity index (χ3v) is 2.60. The van der Waals surface area contributed by atoms with Crippen LogP contribution in [0.1, 0.15) is 36.9 Å². The van der Waals surface area contributed by atoms with E-state index in [-0.39, 0.29) is 6.04 Å². The van der Waals surface area contributed by atoms with Gasteiger partial charge >= 0.3 is 6.18 Å². The molecule has 0 heterocycles. The molecule has 1 aromatic carbocycles. The number of halogens is 3. The minimum absolute atomic E-state index is 0.0859. The van der Waals surface area contributed by atoms with Crippen molar-refractivity contribution in [3.8, 4) is 12.3 Å². The first-order chi connectivity index (χ1) is 8.49. The van der Waals surface area contributed by atoms with Gasteiger partial charge in [0.25, 0.3) is 0 Å². The van der Waals surface area contributed by atoms with Crippen LogP contribution in [0.2, 0.25) is 0 Å². The highest BCUT2D eigenvalue weighted by atomic mass is 19.4. The van der Waals surface area contributed by atoms with Gasteiger partial charge in [0.15, 0.2) is 0 Å². The van der Waals surface area contributed by atoms with Crippen molar-refractivity contribution >= 4 is 0 Å². The summed E-state index contributed by atoms with van der Waals surface area (Å²) >= 11 is 0. The van der Waals surface area contributed by atoms with Gasteiger partial charge in [-0.15, -0.1) is 12.3 Å². The molecule has 1 unspecified atom stereocenters. The van der Waals surface area contributed by atoms with E-state index in [4.69, 9.17) is 6.42 Å². The van der Waals surface area contributed by atoms with Gasteiger partial charge in [0.05, 0.1) is 5.56 Å². The molecule has 0 aromatic heterocycles. The molecular weight excluding hydrogens is 239 g/mol. The van der Waals surface area contributed by atoms with Crippen LogP contribution in [0.4, 0.5) is 13.2 Å². The Balaban J connectivity index is 2.84. The highest BCUT2D eigenvalue weighted by molar-refractivity contribution is 5.27. The van der Waals surface area contributed by atoms with Crippen molar-refractivity contribution in [2.75, 3.05) is 6.54 Å². The summed E-state index contributed by atoms with van der Waals surface area (Å²) in [5.41, 5.74) is 0.149. The predicted molar refractivity (Wildman–Crippen MR) is 65.9 cm³/mol. The molecule has 18 heavy (non-hydrogen) atoms. The van der Waals surface area contributed by atoms with Crippen molar-refractivity contribution in [1.29, 1.82) is 0 Å². The number of terminal acetylenes is 1. The first kappa shape index (κ1) is 14.6. The Bertz CT molecular complexity index is 401. The maximum absolute atomic E-state index is 12.4. The molecule has 98 valence electrons. The fraction of sp³-hybridized carbons (Fsp3) is 0.429. The molecule has 0 aliphatic heterocycles. The van der Waals surface area contributed by atoms with E-state index in [1.807, 2.05) is 6.92 Å². The normalized spacial score (nSPS) is 13.1. The lowest BCUT2D eigenvalue weighted by Gasteiger charge is -2.17. The van der Waals surface area contributed by atoms with Crippen LogP contribution in [0, 0.1) is 12.3 Å². The standard InChI is InChI=1S/C14H16F3N/c1-3-5-13(18-10-4-2)11-6-8-12(9-7-11)14(15,16)17/h1,6-9,13,18H,4-5,10H2,2H3. The molecule has 1 rings (SSSR count). The fourth-order valence-corrected chi connectivity index (χ4v) is 1.65.